The van der Waals surface area contributed by atoms with E-state index in [-0.39, 0.29) is 0 Å². The van der Waals surface area contributed by atoms with Crippen LogP contribution in [0, 0.1) is 0 Å². The van der Waals surface area contributed by atoms with Crippen LogP contribution in [0.1, 0.15) is 63.5 Å². The number of rotatable bonds is 7. The molecule has 2 nitrogen and oxygen atoms in total. The first kappa shape index (κ1) is 16.4. The molecule has 0 radical (unpaired) electrons. The Balaban J connectivity index is 2.30. The Hall–Kier alpha value is -1.02. The van der Waals surface area contributed by atoms with E-state index in [1.165, 1.54) is 49.9 Å². The van der Waals surface area contributed by atoms with Crippen LogP contribution in [0.4, 0.5) is 0 Å². The molecular weight excluding hydrogens is 258 g/mol. The van der Waals surface area contributed by atoms with Crippen LogP contribution in [-0.4, -0.2) is 31.1 Å². The average molecular weight is 289 g/mol. The smallest absolute Gasteiger partial charge is 0.122 e. The largest absolute Gasteiger partial charge is 0.496 e. The van der Waals surface area contributed by atoms with Crippen molar-refractivity contribution in [3.8, 4) is 5.75 Å². The normalized spacial score (nSPS) is 21.4. The van der Waals surface area contributed by atoms with Crippen molar-refractivity contribution in [1.82, 2.24) is 4.90 Å². The molecule has 0 spiro atoms. The van der Waals surface area contributed by atoms with Crippen LogP contribution in [0.2, 0.25) is 0 Å². The molecule has 2 heteroatoms. The van der Waals surface area contributed by atoms with E-state index in [1.54, 1.807) is 7.11 Å². The lowest BCUT2D eigenvalue weighted by Crippen LogP contribution is -2.43. The predicted octanol–water partition coefficient (Wildman–Crippen LogP) is 4.63. The second kappa shape index (κ2) is 7.84. The van der Waals surface area contributed by atoms with Gasteiger partial charge < -0.3 is 4.74 Å². The molecule has 118 valence electrons. The third-order valence-corrected chi connectivity index (χ3v) is 4.87. The van der Waals surface area contributed by atoms with Gasteiger partial charge in [0.05, 0.1) is 7.11 Å². The van der Waals surface area contributed by atoms with Crippen molar-refractivity contribution < 1.29 is 4.74 Å². The van der Waals surface area contributed by atoms with Crippen LogP contribution in [0.3, 0.4) is 0 Å². The van der Waals surface area contributed by atoms with Crippen molar-refractivity contribution in [2.75, 3.05) is 20.2 Å². The average Bonchev–Trinajstić information content (AvgIpc) is 2.52. The molecular formula is C19H31NO. The predicted molar refractivity (Wildman–Crippen MR) is 90.3 cm³/mol. The SMILES string of the molecule is CCCN(CCC)C1CCc2c(OC)cccc2C1CC. The standard InChI is InChI=1S/C19H31NO/c1-5-13-20(14-6-2)18-12-11-17-16(15(18)7-3)9-8-10-19(17)21-4/h8-10,15,18H,5-7,11-14H2,1-4H3. The number of benzene rings is 1. The minimum absolute atomic E-state index is 0.655. The number of hydrogen-bond donors (Lipinski definition) is 0. The molecule has 0 bridgehead atoms. The molecule has 0 aromatic heterocycles. The van der Waals surface area contributed by atoms with Gasteiger partial charge in [0.1, 0.15) is 5.75 Å². The van der Waals surface area contributed by atoms with Crippen molar-refractivity contribution >= 4 is 0 Å². The first-order valence-corrected chi connectivity index (χ1v) is 8.66. The number of ether oxygens (including phenoxy) is 1. The van der Waals surface area contributed by atoms with E-state index in [1.807, 2.05) is 0 Å². The highest BCUT2D eigenvalue weighted by Gasteiger charge is 2.33. The fourth-order valence-corrected chi connectivity index (χ4v) is 4.04. The van der Waals surface area contributed by atoms with Gasteiger partial charge in [0.15, 0.2) is 0 Å². The second-order valence-corrected chi connectivity index (χ2v) is 6.18. The summed E-state index contributed by atoms with van der Waals surface area (Å²) in [4.78, 5) is 2.73. The van der Waals surface area contributed by atoms with Crippen LogP contribution < -0.4 is 4.74 Å². The third-order valence-electron chi connectivity index (χ3n) is 4.87. The van der Waals surface area contributed by atoms with E-state index in [0.29, 0.717) is 12.0 Å². The first-order valence-electron chi connectivity index (χ1n) is 8.66. The van der Waals surface area contributed by atoms with Crippen molar-refractivity contribution in [3.05, 3.63) is 29.3 Å². The zero-order chi connectivity index (χ0) is 15.2. The Morgan fingerprint density at radius 1 is 1.14 bits per heavy atom. The molecule has 1 aromatic rings. The first-order chi connectivity index (χ1) is 10.3. The van der Waals surface area contributed by atoms with Crippen LogP contribution in [-0.2, 0) is 6.42 Å². The zero-order valence-electron chi connectivity index (χ0n) is 14.2. The van der Waals surface area contributed by atoms with E-state index in [2.05, 4.69) is 43.9 Å². The summed E-state index contributed by atoms with van der Waals surface area (Å²) in [5, 5.41) is 0. The highest BCUT2D eigenvalue weighted by atomic mass is 16.5. The highest BCUT2D eigenvalue weighted by molar-refractivity contribution is 5.44. The van der Waals surface area contributed by atoms with E-state index in [4.69, 9.17) is 4.74 Å². The molecule has 2 rings (SSSR count). The molecule has 0 heterocycles. The van der Waals surface area contributed by atoms with E-state index >= 15 is 0 Å². The highest BCUT2D eigenvalue weighted by Crippen LogP contribution is 2.40. The van der Waals surface area contributed by atoms with Gasteiger partial charge in [-0.2, -0.15) is 0 Å². The van der Waals surface area contributed by atoms with Gasteiger partial charge in [0, 0.05) is 6.04 Å². The van der Waals surface area contributed by atoms with Crippen molar-refractivity contribution in [2.45, 2.75) is 64.8 Å². The fourth-order valence-electron chi connectivity index (χ4n) is 4.04. The van der Waals surface area contributed by atoms with Crippen molar-refractivity contribution in [3.63, 3.8) is 0 Å². The maximum atomic E-state index is 5.58. The monoisotopic (exact) mass is 289 g/mol. The molecule has 0 saturated carbocycles. The summed E-state index contributed by atoms with van der Waals surface area (Å²) in [5.74, 6) is 1.74. The number of fused-ring (bicyclic) bond motifs is 1. The number of nitrogens with zero attached hydrogens (tertiary/aromatic N) is 1. The second-order valence-electron chi connectivity index (χ2n) is 6.18. The molecule has 2 atom stereocenters. The lowest BCUT2D eigenvalue weighted by atomic mass is 9.76. The van der Waals surface area contributed by atoms with Gasteiger partial charge in [-0.25, -0.2) is 0 Å². The van der Waals surface area contributed by atoms with Crippen LogP contribution in [0.25, 0.3) is 0 Å². The zero-order valence-corrected chi connectivity index (χ0v) is 14.2. The minimum Gasteiger partial charge on any atom is -0.496 e. The lowest BCUT2D eigenvalue weighted by Gasteiger charge is -2.41. The van der Waals surface area contributed by atoms with Gasteiger partial charge in [-0.3, -0.25) is 4.90 Å². The molecule has 0 aliphatic heterocycles. The van der Waals surface area contributed by atoms with Gasteiger partial charge in [0.25, 0.3) is 0 Å². The minimum atomic E-state index is 0.655. The summed E-state index contributed by atoms with van der Waals surface area (Å²) in [5.41, 5.74) is 2.99. The summed E-state index contributed by atoms with van der Waals surface area (Å²) < 4.78 is 5.58. The van der Waals surface area contributed by atoms with Gasteiger partial charge >= 0.3 is 0 Å². The Morgan fingerprint density at radius 2 is 1.86 bits per heavy atom. The summed E-state index contributed by atoms with van der Waals surface area (Å²) >= 11 is 0. The Bertz CT molecular complexity index is 437. The van der Waals surface area contributed by atoms with Crippen LogP contribution in [0.15, 0.2) is 18.2 Å². The van der Waals surface area contributed by atoms with E-state index in [9.17, 15) is 0 Å². The maximum Gasteiger partial charge on any atom is 0.122 e. The fraction of sp³-hybridized carbons (Fsp3) is 0.684. The summed E-state index contributed by atoms with van der Waals surface area (Å²) in [7, 11) is 1.79. The third kappa shape index (κ3) is 3.42. The Labute approximate surface area is 130 Å². The molecule has 1 aromatic carbocycles. The Morgan fingerprint density at radius 3 is 2.43 bits per heavy atom. The Kier molecular flexibility index (Phi) is 6.10. The molecule has 0 amide bonds. The molecule has 0 saturated heterocycles. The van der Waals surface area contributed by atoms with Crippen LogP contribution >= 0.6 is 0 Å². The van der Waals surface area contributed by atoms with Crippen molar-refractivity contribution in [2.24, 2.45) is 0 Å². The number of hydrogen-bond acceptors (Lipinski definition) is 2. The summed E-state index contributed by atoms with van der Waals surface area (Å²) in [6, 6.07) is 7.30. The molecule has 1 aliphatic carbocycles. The quantitative estimate of drug-likeness (QED) is 0.726. The van der Waals surface area contributed by atoms with Crippen LogP contribution in [0.5, 0.6) is 5.75 Å². The van der Waals surface area contributed by atoms with Gasteiger partial charge in [0.2, 0.25) is 0 Å². The molecule has 0 fully saturated rings. The summed E-state index contributed by atoms with van der Waals surface area (Å²) in [6.07, 6.45) is 6.14. The van der Waals surface area contributed by atoms with Gasteiger partial charge in [-0.1, -0.05) is 32.9 Å². The molecule has 2 unspecified atom stereocenters. The van der Waals surface area contributed by atoms with Gasteiger partial charge in [-0.15, -0.1) is 0 Å². The number of methoxy groups -OCH3 is 1. The molecule has 1 aliphatic rings. The maximum absolute atomic E-state index is 5.58. The van der Waals surface area contributed by atoms with E-state index in [0.717, 1.165) is 12.2 Å². The topological polar surface area (TPSA) is 12.5 Å². The lowest BCUT2D eigenvalue weighted by molar-refractivity contribution is 0.151. The molecule has 0 N–H and O–H groups in total. The van der Waals surface area contributed by atoms with Gasteiger partial charge in [-0.05, 0) is 68.3 Å². The van der Waals surface area contributed by atoms with E-state index < -0.39 is 0 Å². The molecule has 21 heavy (non-hydrogen) atoms. The van der Waals surface area contributed by atoms with Crippen molar-refractivity contribution in [1.29, 1.82) is 0 Å². The summed E-state index contributed by atoms with van der Waals surface area (Å²) in [6.45, 7) is 9.39.